The highest BCUT2D eigenvalue weighted by molar-refractivity contribution is 7.99. The van der Waals surface area contributed by atoms with Crippen LogP contribution in [0, 0.1) is 10.1 Å². The number of nitrogens with one attached hydrogen (secondary N) is 1. The minimum absolute atomic E-state index is 0.0667. The molecule has 0 amide bonds. The normalized spacial score (nSPS) is 10.8. The second-order valence-electron chi connectivity index (χ2n) is 3.73. The van der Waals surface area contributed by atoms with Crippen molar-refractivity contribution in [3.05, 3.63) is 51.4 Å². The number of thioether (sulfide) groups is 1. The maximum atomic E-state index is 12.4. The highest BCUT2D eigenvalue weighted by atomic mass is 32.2. The number of para-hydroxylation sites is 1. The van der Waals surface area contributed by atoms with Gasteiger partial charge in [0.2, 0.25) is 0 Å². The fraction of sp³-hybridized carbons (Fsp3) is 0.167. The van der Waals surface area contributed by atoms with Crippen LogP contribution in [0.5, 0.6) is 0 Å². The van der Waals surface area contributed by atoms with Crippen molar-refractivity contribution >= 4 is 33.8 Å². The number of alkyl halides is 2. The number of anilines is 1. The van der Waals surface area contributed by atoms with Crippen LogP contribution in [0.2, 0.25) is 0 Å². The first kappa shape index (κ1) is 14.7. The third-order valence-corrected chi connectivity index (χ3v) is 4.21. The predicted octanol–water partition coefficient (Wildman–Crippen LogP) is 4.58. The van der Waals surface area contributed by atoms with Gasteiger partial charge in [-0.25, -0.2) is 0 Å². The molecule has 0 saturated carbocycles. The molecule has 1 aromatic carbocycles. The van der Waals surface area contributed by atoms with Gasteiger partial charge >= 0.3 is 5.00 Å². The minimum Gasteiger partial charge on any atom is -0.379 e. The van der Waals surface area contributed by atoms with Crippen molar-refractivity contribution in [1.82, 2.24) is 0 Å². The molecule has 106 valence electrons. The SMILES string of the molecule is O=[N+]([O-])c1ccc(CNc2ccccc2SC(F)F)s1. The maximum Gasteiger partial charge on any atom is 0.324 e. The van der Waals surface area contributed by atoms with Gasteiger partial charge in [0.1, 0.15) is 0 Å². The molecule has 1 heterocycles. The number of benzene rings is 1. The Bertz CT molecular complexity index is 605. The van der Waals surface area contributed by atoms with Crippen molar-refractivity contribution in [3.63, 3.8) is 0 Å². The summed E-state index contributed by atoms with van der Waals surface area (Å²) in [5.74, 6) is -2.49. The van der Waals surface area contributed by atoms with Crippen LogP contribution in [0.25, 0.3) is 0 Å². The topological polar surface area (TPSA) is 55.2 Å². The van der Waals surface area contributed by atoms with Crippen molar-refractivity contribution in [2.75, 3.05) is 5.32 Å². The van der Waals surface area contributed by atoms with E-state index >= 15 is 0 Å². The van der Waals surface area contributed by atoms with Gasteiger partial charge in [-0.15, -0.1) is 0 Å². The first-order valence-electron chi connectivity index (χ1n) is 5.57. The second-order valence-corrected chi connectivity index (χ2v) is 5.90. The molecular formula is C12H10F2N2O2S2. The average molecular weight is 316 g/mol. The Kier molecular flexibility index (Phi) is 4.91. The molecular weight excluding hydrogens is 306 g/mol. The number of nitrogens with zero attached hydrogens (tertiary/aromatic N) is 1. The van der Waals surface area contributed by atoms with Crippen LogP contribution in [0.1, 0.15) is 4.88 Å². The molecule has 20 heavy (non-hydrogen) atoms. The molecule has 0 bridgehead atoms. The zero-order chi connectivity index (χ0) is 14.5. The molecule has 0 atom stereocenters. The molecule has 1 N–H and O–H groups in total. The lowest BCUT2D eigenvalue weighted by Crippen LogP contribution is -1.99. The summed E-state index contributed by atoms with van der Waals surface area (Å²) in [6, 6.07) is 9.82. The molecule has 2 rings (SSSR count). The van der Waals surface area contributed by atoms with Crippen molar-refractivity contribution in [2.24, 2.45) is 0 Å². The number of thiophene rings is 1. The average Bonchev–Trinajstić information content (AvgIpc) is 2.86. The lowest BCUT2D eigenvalue weighted by atomic mass is 10.3. The molecule has 0 unspecified atom stereocenters. The smallest absolute Gasteiger partial charge is 0.324 e. The molecule has 0 fully saturated rings. The molecule has 2 aromatic rings. The van der Waals surface area contributed by atoms with E-state index in [1.165, 1.54) is 6.07 Å². The zero-order valence-corrected chi connectivity index (χ0v) is 11.7. The van der Waals surface area contributed by atoms with Gasteiger partial charge in [0.25, 0.3) is 5.76 Å². The third kappa shape index (κ3) is 3.91. The van der Waals surface area contributed by atoms with E-state index < -0.39 is 10.7 Å². The number of rotatable bonds is 6. The highest BCUT2D eigenvalue weighted by Crippen LogP contribution is 2.32. The van der Waals surface area contributed by atoms with E-state index in [1.54, 1.807) is 30.3 Å². The number of halogens is 2. The molecule has 0 radical (unpaired) electrons. The summed E-state index contributed by atoms with van der Waals surface area (Å²) in [5, 5.41) is 13.7. The molecule has 0 saturated heterocycles. The fourth-order valence-electron chi connectivity index (χ4n) is 1.55. The second kappa shape index (κ2) is 6.67. The lowest BCUT2D eigenvalue weighted by Gasteiger charge is -2.10. The first-order valence-corrected chi connectivity index (χ1v) is 7.26. The Morgan fingerprint density at radius 1 is 1.30 bits per heavy atom. The van der Waals surface area contributed by atoms with Crippen LogP contribution in [0.15, 0.2) is 41.3 Å². The van der Waals surface area contributed by atoms with E-state index in [0.717, 1.165) is 16.2 Å². The van der Waals surface area contributed by atoms with Gasteiger partial charge in [-0.3, -0.25) is 10.1 Å². The van der Waals surface area contributed by atoms with Crippen LogP contribution in [-0.4, -0.2) is 10.7 Å². The summed E-state index contributed by atoms with van der Waals surface area (Å²) in [6.45, 7) is 0.360. The Morgan fingerprint density at radius 2 is 2.05 bits per heavy atom. The van der Waals surface area contributed by atoms with Gasteiger partial charge in [0.15, 0.2) is 0 Å². The van der Waals surface area contributed by atoms with Crippen molar-refractivity contribution in [3.8, 4) is 0 Å². The Hall–Kier alpha value is -1.67. The summed E-state index contributed by atoms with van der Waals surface area (Å²) < 4.78 is 24.8. The van der Waals surface area contributed by atoms with Crippen LogP contribution in [-0.2, 0) is 6.54 Å². The molecule has 0 aliphatic carbocycles. The first-order chi connectivity index (χ1) is 9.56. The van der Waals surface area contributed by atoms with Gasteiger partial charge in [-0.2, -0.15) is 8.78 Å². The Labute approximate surface area is 122 Å². The molecule has 1 aromatic heterocycles. The molecule has 8 heteroatoms. The van der Waals surface area contributed by atoms with E-state index in [1.807, 2.05) is 0 Å². The van der Waals surface area contributed by atoms with Crippen LogP contribution < -0.4 is 5.32 Å². The Morgan fingerprint density at radius 3 is 2.70 bits per heavy atom. The highest BCUT2D eigenvalue weighted by Gasteiger charge is 2.11. The zero-order valence-electron chi connectivity index (χ0n) is 10.1. The minimum atomic E-state index is -2.49. The number of hydrogen-bond acceptors (Lipinski definition) is 5. The van der Waals surface area contributed by atoms with E-state index in [4.69, 9.17) is 0 Å². The Balaban J connectivity index is 2.04. The molecule has 4 nitrogen and oxygen atoms in total. The monoisotopic (exact) mass is 316 g/mol. The van der Waals surface area contributed by atoms with E-state index in [0.29, 0.717) is 28.9 Å². The number of nitro groups is 1. The van der Waals surface area contributed by atoms with Crippen molar-refractivity contribution < 1.29 is 13.7 Å². The summed E-state index contributed by atoms with van der Waals surface area (Å²) in [6.07, 6.45) is 0. The van der Waals surface area contributed by atoms with E-state index in [2.05, 4.69) is 5.32 Å². The third-order valence-electron chi connectivity index (χ3n) is 2.38. The predicted molar refractivity (Wildman–Crippen MR) is 76.6 cm³/mol. The summed E-state index contributed by atoms with van der Waals surface area (Å²) in [5.41, 5.74) is 0.592. The van der Waals surface area contributed by atoms with Crippen LogP contribution in [0.4, 0.5) is 19.5 Å². The molecule has 0 aliphatic rings. The standard InChI is InChI=1S/C12H10F2N2O2S2/c13-12(14)20-10-4-2-1-3-9(10)15-7-8-5-6-11(19-8)16(17)18/h1-6,12,15H,7H2. The van der Waals surface area contributed by atoms with E-state index in [-0.39, 0.29) is 5.00 Å². The van der Waals surface area contributed by atoms with Gasteiger partial charge in [-0.1, -0.05) is 35.2 Å². The van der Waals surface area contributed by atoms with Crippen molar-refractivity contribution in [1.29, 1.82) is 0 Å². The van der Waals surface area contributed by atoms with Gasteiger partial charge in [0, 0.05) is 28.1 Å². The summed E-state index contributed by atoms with van der Waals surface area (Å²) >= 11 is 1.53. The van der Waals surface area contributed by atoms with Gasteiger partial charge in [-0.05, 0) is 18.2 Å². The van der Waals surface area contributed by atoms with Crippen LogP contribution >= 0.6 is 23.1 Å². The lowest BCUT2D eigenvalue weighted by molar-refractivity contribution is -0.380. The summed E-state index contributed by atoms with van der Waals surface area (Å²) in [4.78, 5) is 11.3. The maximum absolute atomic E-state index is 12.4. The largest absolute Gasteiger partial charge is 0.379 e. The number of hydrogen-bond donors (Lipinski definition) is 1. The summed E-state index contributed by atoms with van der Waals surface area (Å²) in [7, 11) is 0. The van der Waals surface area contributed by atoms with Crippen LogP contribution in [0.3, 0.4) is 0 Å². The fourth-order valence-corrected chi connectivity index (χ4v) is 2.93. The van der Waals surface area contributed by atoms with Gasteiger partial charge < -0.3 is 5.32 Å². The quantitative estimate of drug-likeness (QED) is 0.481. The molecule has 0 aliphatic heterocycles. The van der Waals surface area contributed by atoms with Gasteiger partial charge in [0.05, 0.1) is 4.92 Å². The molecule has 0 spiro atoms. The van der Waals surface area contributed by atoms with Crippen molar-refractivity contribution in [2.45, 2.75) is 17.2 Å². The van der Waals surface area contributed by atoms with E-state index in [9.17, 15) is 18.9 Å².